The van der Waals surface area contributed by atoms with Gasteiger partial charge in [-0.2, -0.15) is 13.2 Å². The topological polar surface area (TPSA) is 80.0 Å². The maximum absolute atomic E-state index is 10.6. The summed E-state index contributed by atoms with van der Waals surface area (Å²) in [6.07, 6.45) is 3.74. The molecule has 2 N–H and O–H groups in total. The van der Waals surface area contributed by atoms with Crippen LogP contribution in [0.1, 0.15) is 45.6 Å². The summed E-state index contributed by atoms with van der Waals surface area (Å²) < 4.78 is 33.9. The highest BCUT2D eigenvalue weighted by molar-refractivity contribution is 5.73. The average Bonchev–Trinajstić information content (AvgIpc) is 2.91. The number of carboxylic acid groups (broad SMARTS) is 1. The van der Waals surface area contributed by atoms with E-state index in [1.54, 1.807) is 0 Å². The highest BCUT2D eigenvalue weighted by Crippen LogP contribution is 2.48. The van der Waals surface area contributed by atoms with Gasteiger partial charge in [0, 0.05) is 11.6 Å². The third kappa shape index (κ3) is 3.82. The molecule has 23 heavy (non-hydrogen) atoms. The highest BCUT2D eigenvalue weighted by atomic mass is 19.4. The number of alkyl halides is 3. The zero-order valence-electron chi connectivity index (χ0n) is 13.0. The molecule has 4 rings (SSSR count). The van der Waals surface area contributed by atoms with Crippen molar-refractivity contribution in [3.8, 4) is 0 Å². The molecule has 0 radical (unpaired) electrons. The van der Waals surface area contributed by atoms with Crippen molar-refractivity contribution in [2.45, 2.75) is 63.3 Å². The number of fused-ring (bicyclic) bond motifs is 2. The maximum atomic E-state index is 10.6. The molecule has 1 aromatic rings. The van der Waals surface area contributed by atoms with Crippen LogP contribution in [0.5, 0.6) is 0 Å². The number of aromatic nitrogens is 3. The van der Waals surface area contributed by atoms with Crippen LogP contribution in [0, 0.1) is 5.92 Å². The Morgan fingerprint density at radius 1 is 1.43 bits per heavy atom. The van der Waals surface area contributed by atoms with Gasteiger partial charge in [0.1, 0.15) is 12.7 Å². The van der Waals surface area contributed by atoms with Gasteiger partial charge in [0.2, 0.25) is 0 Å². The van der Waals surface area contributed by atoms with Gasteiger partial charge in [-0.25, -0.2) is 4.79 Å². The first kappa shape index (κ1) is 17.7. The fraction of sp³-hybridized carbons (Fsp3) is 0.786. The number of nitrogens with zero attached hydrogens (tertiary/aromatic N) is 3. The van der Waals surface area contributed by atoms with Gasteiger partial charge >= 0.3 is 12.1 Å². The summed E-state index contributed by atoms with van der Waals surface area (Å²) in [5, 5.41) is 18.8. The van der Waals surface area contributed by atoms with Gasteiger partial charge in [-0.1, -0.05) is 13.8 Å². The first-order valence-corrected chi connectivity index (χ1v) is 7.60. The van der Waals surface area contributed by atoms with Gasteiger partial charge in [0.15, 0.2) is 0 Å². The van der Waals surface area contributed by atoms with E-state index >= 15 is 0 Å². The minimum atomic E-state index is -5.08. The molecule has 3 fully saturated rings. The minimum absolute atomic E-state index is 0.319. The van der Waals surface area contributed by atoms with E-state index in [1.165, 1.54) is 19.3 Å². The van der Waals surface area contributed by atoms with Crippen molar-refractivity contribution < 1.29 is 23.1 Å². The second-order valence-corrected chi connectivity index (χ2v) is 6.38. The summed E-state index contributed by atoms with van der Waals surface area (Å²) in [4.78, 5) is 8.90. The summed E-state index contributed by atoms with van der Waals surface area (Å²) in [5.74, 6) is -1.90. The van der Waals surface area contributed by atoms with Crippen molar-refractivity contribution in [3.05, 3.63) is 12.7 Å². The lowest BCUT2D eigenvalue weighted by molar-refractivity contribution is -0.192. The molecule has 6 nitrogen and oxygen atoms in total. The fourth-order valence-electron chi connectivity index (χ4n) is 3.93. The Morgan fingerprint density at radius 2 is 1.96 bits per heavy atom. The van der Waals surface area contributed by atoms with Gasteiger partial charge < -0.3 is 15.0 Å². The number of hydrogen-bond acceptors (Lipinski definition) is 4. The van der Waals surface area contributed by atoms with E-state index in [1.807, 2.05) is 12.7 Å². The van der Waals surface area contributed by atoms with Crippen LogP contribution in [0.3, 0.4) is 0 Å². The molecule has 2 saturated heterocycles. The smallest absolute Gasteiger partial charge is 0.475 e. The zero-order valence-corrected chi connectivity index (χ0v) is 13.0. The Bertz CT molecular complexity index is 527. The SMILES string of the molecule is CCC(n1cnnc1)C12CC(C)CC(C1)N2.O=C(O)C(F)(F)F. The van der Waals surface area contributed by atoms with Crippen molar-refractivity contribution >= 4 is 5.97 Å². The quantitative estimate of drug-likeness (QED) is 0.887. The zero-order chi connectivity index (χ0) is 17.3. The molecule has 0 amide bonds. The molecule has 9 heteroatoms. The third-order valence-electron chi connectivity index (χ3n) is 4.57. The van der Waals surface area contributed by atoms with E-state index < -0.39 is 12.1 Å². The van der Waals surface area contributed by atoms with Crippen molar-refractivity contribution in [1.29, 1.82) is 0 Å². The molecule has 130 valence electrons. The fourth-order valence-corrected chi connectivity index (χ4v) is 3.93. The van der Waals surface area contributed by atoms with E-state index in [4.69, 9.17) is 9.90 Å². The standard InChI is InChI=1S/C12H20N4.C2HF3O2/c1-3-11(16-7-13-14-8-16)12-5-9(2)4-10(6-12)15-12;3-2(4,5)1(6)7/h7-11,15H,3-6H2,1-2H3;(H,6,7). The largest absolute Gasteiger partial charge is 0.490 e. The number of rotatable bonds is 3. The number of piperidine rings is 1. The predicted octanol–water partition coefficient (Wildman–Crippen LogP) is 2.39. The molecule has 0 aromatic carbocycles. The van der Waals surface area contributed by atoms with Crippen LogP contribution in [0.25, 0.3) is 0 Å². The van der Waals surface area contributed by atoms with Gasteiger partial charge in [-0.3, -0.25) is 0 Å². The molecule has 3 aliphatic rings. The Balaban J connectivity index is 0.000000236. The van der Waals surface area contributed by atoms with E-state index in [2.05, 4.69) is 33.9 Å². The number of aliphatic carboxylic acids is 1. The van der Waals surface area contributed by atoms with Gasteiger partial charge in [0.05, 0.1) is 6.04 Å². The van der Waals surface area contributed by atoms with E-state index in [-0.39, 0.29) is 0 Å². The highest BCUT2D eigenvalue weighted by Gasteiger charge is 2.53. The lowest BCUT2D eigenvalue weighted by atomic mass is 9.62. The van der Waals surface area contributed by atoms with Crippen LogP contribution in [-0.2, 0) is 4.79 Å². The van der Waals surface area contributed by atoms with Crippen LogP contribution in [0.15, 0.2) is 12.7 Å². The number of hydrogen-bond donors (Lipinski definition) is 2. The average molecular weight is 334 g/mol. The first-order chi connectivity index (χ1) is 10.7. The molecule has 3 heterocycles. The van der Waals surface area contributed by atoms with Crippen molar-refractivity contribution in [2.75, 3.05) is 0 Å². The molecule has 2 aliphatic heterocycles. The lowest BCUT2D eigenvalue weighted by Crippen LogP contribution is -2.71. The summed E-state index contributed by atoms with van der Waals surface area (Å²) in [7, 11) is 0. The number of nitrogens with one attached hydrogen (secondary N) is 1. The Hall–Kier alpha value is -1.64. The Kier molecular flexibility index (Phi) is 4.98. The van der Waals surface area contributed by atoms with Crippen LogP contribution >= 0.6 is 0 Å². The normalized spacial score (nSPS) is 30.7. The monoisotopic (exact) mass is 334 g/mol. The van der Waals surface area contributed by atoms with E-state index in [9.17, 15) is 13.2 Å². The number of carbonyl (C=O) groups is 1. The molecule has 1 aliphatic carbocycles. The van der Waals surface area contributed by atoms with Crippen LogP contribution in [0.2, 0.25) is 0 Å². The van der Waals surface area contributed by atoms with Crippen LogP contribution < -0.4 is 5.32 Å². The molecule has 1 saturated carbocycles. The number of halogens is 3. The molecule has 4 atom stereocenters. The Labute approximate surface area is 132 Å². The van der Waals surface area contributed by atoms with Gasteiger partial charge in [-0.15, -0.1) is 10.2 Å². The van der Waals surface area contributed by atoms with Crippen LogP contribution in [-0.4, -0.2) is 43.6 Å². The van der Waals surface area contributed by atoms with Crippen molar-refractivity contribution in [1.82, 2.24) is 20.1 Å². The van der Waals surface area contributed by atoms with E-state index in [0.29, 0.717) is 11.6 Å². The van der Waals surface area contributed by atoms with Crippen molar-refractivity contribution in [3.63, 3.8) is 0 Å². The van der Waals surface area contributed by atoms with Gasteiger partial charge in [-0.05, 0) is 31.6 Å². The van der Waals surface area contributed by atoms with Crippen LogP contribution in [0.4, 0.5) is 13.2 Å². The molecular weight excluding hydrogens is 313 g/mol. The third-order valence-corrected chi connectivity index (χ3v) is 4.57. The molecule has 4 unspecified atom stereocenters. The second kappa shape index (κ2) is 6.46. The second-order valence-electron chi connectivity index (χ2n) is 6.38. The molecule has 2 bridgehead atoms. The maximum Gasteiger partial charge on any atom is 0.490 e. The summed E-state index contributed by atoms with van der Waals surface area (Å²) in [5.41, 5.74) is 0.319. The molecular formula is C14H21F3N4O2. The minimum Gasteiger partial charge on any atom is -0.475 e. The first-order valence-electron chi connectivity index (χ1n) is 7.60. The Morgan fingerprint density at radius 3 is 2.35 bits per heavy atom. The summed E-state index contributed by atoms with van der Waals surface area (Å²) in [6.45, 7) is 4.63. The molecule has 0 spiro atoms. The van der Waals surface area contributed by atoms with Crippen molar-refractivity contribution in [2.24, 2.45) is 5.92 Å². The lowest BCUT2D eigenvalue weighted by Gasteiger charge is -2.59. The summed E-state index contributed by atoms with van der Waals surface area (Å²) in [6, 6.07) is 1.27. The predicted molar refractivity (Wildman–Crippen MR) is 75.7 cm³/mol. The van der Waals surface area contributed by atoms with Gasteiger partial charge in [0.25, 0.3) is 0 Å². The number of carboxylic acids is 1. The van der Waals surface area contributed by atoms with E-state index in [0.717, 1.165) is 18.4 Å². The molecule has 1 aromatic heterocycles. The summed E-state index contributed by atoms with van der Waals surface area (Å²) >= 11 is 0.